The largest absolute Gasteiger partial charge is 0.457 e. The average Bonchev–Trinajstić information content (AvgIpc) is 2.55. The molecule has 0 heterocycles. The number of hydrogen-bond acceptors (Lipinski definition) is 1. The van der Waals surface area contributed by atoms with Crippen molar-refractivity contribution in [1.82, 2.24) is 0 Å². The van der Waals surface area contributed by atoms with Crippen LogP contribution in [0.15, 0.2) is 30.3 Å². The third-order valence-electron chi connectivity index (χ3n) is 4.79. The van der Waals surface area contributed by atoms with E-state index in [-0.39, 0.29) is 6.42 Å². The molecule has 1 saturated carbocycles. The molecule has 0 aliphatic heterocycles. The summed E-state index contributed by atoms with van der Waals surface area (Å²) in [4.78, 5) is 0. The van der Waals surface area contributed by atoms with Gasteiger partial charge in [0.25, 0.3) is 6.36 Å². The van der Waals surface area contributed by atoms with Crippen LogP contribution < -0.4 is 4.74 Å². The van der Waals surface area contributed by atoms with Crippen LogP contribution in [0.25, 0.3) is 0 Å². The zero-order valence-electron chi connectivity index (χ0n) is 13.5. The molecule has 1 aromatic rings. The fourth-order valence-corrected chi connectivity index (χ4v) is 3.45. The zero-order chi connectivity index (χ0) is 15.8. The molecular formula is C19H28F2O. The monoisotopic (exact) mass is 310 g/mol. The Morgan fingerprint density at radius 1 is 1.00 bits per heavy atom. The summed E-state index contributed by atoms with van der Waals surface area (Å²) in [5.74, 6) is 1.81. The van der Waals surface area contributed by atoms with E-state index < -0.39 is 12.5 Å². The van der Waals surface area contributed by atoms with Crippen molar-refractivity contribution >= 4 is 0 Å². The lowest BCUT2D eigenvalue weighted by atomic mass is 9.78. The smallest absolute Gasteiger partial charge is 0.269 e. The molecule has 2 rings (SSSR count). The number of halogens is 2. The molecule has 1 aromatic carbocycles. The Hall–Kier alpha value is -1.12. The van der Waals surface area contributed by atoms with Crippen molar-refractivity contribution in [3.05, 3.63) is 30.3 Å². The molecule has 0 radical (unpaired) electrons. The van der Waals surface area contributed by atoms with Crippen LogP contribution in [-0.2, 0) is 0 Å². The number of benzene rings is 1. The fraction of sp³-hybridized carbons (Fsp3) is 0.684. The first-order chi connectivity index (χ1) is 10.7. The highest BCUT2D eigenvalue weighted by Crippen LogP contribution is 2.34. The maximum atomic E-state index is 13.9. The molecule has 22 heavy (non-hydrogen) atoms. The number of rotatable bonds is 8. The highest BCUT2D eigenvalue weighted by atomic mass is 19.2. The minimum absolute atomic E-state index is 0.261. The highest BCUT2D eigenvalue weighted by Gasteiger charge is 2.25. The van der Waals surface area contributed by atoms with Gasteiger partial charge in [-0.3, -0.25) is 0 Å². The van der Waals surface area contributed by atoms with Gasteiger partial charge in [0.05, 0.1) is 0 Å². The zero-order valence-corrected chi connectivity index (χ0v) is 13.5. The fourth-order valence-electron chi connectivity index (χ4n) is 3.45. The van der Waals surface area contributed by atoms with Crippen molar-refractivity contribution in [1.29, 1.82) is 0 Å². The van der Waals surface area contributed by atoms with Gasteiger partial charge in [-0.15, -0.1) is 0 Å². The molecule has 124 valence electrons. The Labute approximate surface area is 133 Å². The van der Waals surface area contributed by atoms with Crippen molar-refractivity contribution in [2.45, 2.75) is 70.8 Å². The molecule has 0 spiro atoms. The van der Waals surface area contributed by atoms with Crippen LogP contribution in [0.2, 0.25) is 0 Å². The number of hydrogen-bond donors (Lipinski definition) is 0. The Bertz CT molecular complexity index is 401. The van der Waals surface area contributed by atoms with Gasteiger partial charge in [-0.05, 0) is 36.8 Å². The minimum Gasteiger partial charge on any atom is -0.457 e. The van der Waals surface area contributed by atoms with Crippen LogP contribution in [0, 0.1) is 11.8 Å². The van der Waals surface area contributed by atoms with E-state index in [2.05, 4.69) is 6.92 Å². The van der Waals surface area contributed by atoms with Crippen LogP contribution in [0.3, 0.4) is 0 Å². The van der Waals surface area contributed by atoms with E-state index in [1.807, 2.05) is 6.07 Å². The third kappa shape index (κ3) is 5.58. The van der Waals surface area contributed by atoms with E-state index in [1.165, 1.54) is 38.5 Å². The predicted octanol–water partition coefficient (Wildman–Crippen LogP) is 6.09. The SMILES string of the molecule is CCCC1CCC(CCC(F)C(F)Oc2ccccc2)CC1. The normalized spacial score (nSPS) is 24.7. The van der Waals surface area contributed by atoms with Crippen LogP contribution in [0.4, 0.5) is 8.78 Å². The molecule has 2 atom stereocenters. The van der Waals surface area contributed by atoms with Crippen molar-refractivity contribution in [2.24, 2.45) is 11.8 Å². The van der Waals surface area contributed by atoms with Crippen molar-refractivity contribution < 1.29 is 13.5 Å². The van der Waals surface area contributed by atoms with Gasteiger partial charge in [0.2, 0.25) is 0 Å². The summed E-state index contributed by atoms with van der Waals surface area (Å²) in [5.41, 5.74) is 0. The summed E-state index contributed by atoms with van der Waals surface area (Å²) >= 11 is 0. The second-order valence-electron chi connectivity index (χ2n) is 6.55. The van der Waals surface area contributed by atoms with Gasteiger partial charge in [0, 0.05) is 0 Å². The molecule has 1 fully saturated rings. The molecule has 1 aliphatic carbocycles. The Kier molecular flexibility index (Phi) is 7.14. The Morgan fingerprint density at radius 3 is 2.18 bits per heavy atom. The van der Waals surface area contributed by atoms with E-state index in [4.69, 9.17) is 4.74 Å². The van der Waals surface area contributed by atoms with Crippen molar-refractivity contribution in [2.75, 3.05) is 0 Å². The lowest BCUT2D eigenvalue weighted by Gasteiger charge is -2.28. The molecule has 0 bridgehead atoms. The predicted molar refractivity (Wildman–Crippen MR) is 86.5 cm³/mol. The number of alkyl halides is 2. The van der Waals surface area contributed by atoms with Crippen molar-refractivity contribution in [3.63, 3.8) is 0 Å². The molecule has 2 unspecified atom stereocenters. The molecule has 1 nitrogen and oxygen atoms in total. The molecular weight excluding hydrogens is 282 g/mol. The molecule has 0 amide bonds. The summed E-state index contributed by atoms with van der Waals surface area (Å²) < 4.78 is 32.8. The topological polar surface area (TPSA) is 9.23 Å². The van der Waals surface area contributed by atoms with Crippen LogP contribution in [-0.4, -0.2) is 12.5 Å². The lowest BCUT2D eigenvalue weighted by Crippen LogP contribution is -2.25. The van der Waals surface area contributed by atoms with Gasteiger partial charge >= 0.3 is 0 Å². The van der Waals surface area contributed by atoms with Gasteiger partial charge in [0.15, 0.2) is 6.17 Å². The van der Waals surface area contributed by atoms with Gasteiger partial charge in [-0.25, -0.2) is 4.39 Å². The quantitative estimate of drug-likeness (QED) is 0.565. The second-order valence-corrected chi connectivity index (χ2v) is 6.55. The van der Waals surface area contributed by atoms with Gasteiger partial charge in [-0.2, -0.15) is 4.39 Å². The van der Waals surface area contributed by atoms with Crippen molar-refractivity contribution in [3.8, 4) is 5.75 Å². The van der Waals surface area contributed by atoms with Gasteiger partial charge in [-0.1, -0.05) is 63.6 Å². The van der Waals surface area contributed by atoms with Crippen LogP contribution in [0.1, 0.15) is 58.3 Å². The summed E-state index contributed by atoms with van der Waals surface area (Å²) in [6, 6.07) is 8.62. The Morgan fingerprint density at radius 2 is 1.59 bits per heavy atom. The van der Waals surface area contributed by atoms with Gasteiger partial charge < -0.3 is 4.74 Å². The second kappa shape index (κ2) is 9.12. The summed E-state index contributed by atoms with van der Waals surface area (Å²) in [6.45, 7) is 2.23. The number of ether oxygens (including phenoxy) is 1. The average molecular weight is 310 g/mol. The minimum atomic E-state index is -1.86. The maximum absolute atomic E-state index is 13.9. The molecule has 0 aromatic heterocycles. The molecule has 0 N–H and O–H groups in total. The first-order valence-electron chi connectivity index (χ1n) is 8.69. The Balaban J connectivity index is 1.66. The molecule has 0 saturated heterocycles. The maximum Gasteiger partial charge on any atom is 0.269 e. The van der Waals surface area contributed by atoms with E-state index >= 15 is 0 Å². The summed E-state index contributed by atoms with van der Waals surface area (Å²) in [5, 5.41) is 0. The summed E-state index contributed by atoms with van der Waals surface area (Å²) in [7, 11) is 0. The van der Waals surface area contributed by atoms with Crippen LogP contribution in [0.5, 0.6) is 5.75 Å². The third-order valence-corrected chi connectivity index (χ3v) is 4.79. The standard InChI is InChI=1S/C19H28F2O/c1-2-6-15-9-11-16(12-10-15)13-14-18(20)19(21)22-17-7-4-3-5-8-17/h3-5,7-8,15-16,18-19H,2,6,9-14H2,1H3. The summed E-state index contributed by atoms with van der Waals surface area (Å²) in [6.07, 6.45) is 5.08. The van der Waals surface area contributed by atoms with Crippen LogP contribution >= 0.6 is 0 Å². The van der Waals surface area contributed by atoms with E-state index in [1.54, 1.807) is 24.3 Å². The van der Waals surface area contributed by atoms with E-state index in [0.717, 1.165) is 12.3 Å². The molecule has 1 aliphatic rings. The van der Waals surface area contributed by atoms with Gasteiger partial charge in [0.1, 0.15) is 5.75 Å². The van der Waals surface area contributed by atoms with E-state index in [9.17, 15) is 8.78 Å². The first kappa shape index (κ1) is 17.2. The van der Waals surface area contributed by atoms with E-state index in [0.29, 0.717) is 11.7 Å². The first-order valence-corrected chi connectivity index (χ1v) is 8.69. The lowest BCUT2D eigenvalue weighted by molar-refractivity contribution is -0.0120. The number of para-hydroxylation sites is 1. The highest BCUT2D eigenvalue weighted by molar-refractivity contribution is 5.21. The molecule has 3 heteroatoms.